The number of ether oxygens (including phenoxy) is 1. The molecule has 18 heavy (non-hydrogen) atoms. The van der Waals surface area contributed by atoms with Gasteiger partial charge in [-0.05, 0) is 33.1 Å². The normalized spacial score (nSPS) is 28.3. The molecule has 1 spiro atoms. The number of nitrogens with one attached hydrogen (secondary N) is 1. The van der Waals surface area contributed by atoms with E-state index < -0.39 is 0 Å². The first-order chi connectivity index (χ1) is 8.65. The van der Waals surface area contributed by atoms with Gasteiger partial charge in [-0.2, -0.15) is 0 Å². The Kier molecular flexibility index (Phi) is 5.05. The second-order valence-corrected chi connectivity index (χ2v) is 6.32. The van der Waals surface area contributed by atoms with E-state index in [-0.39, 0.29) is 0 Å². The van der Waals surface area contributed by atoms with Crippen LogP contribution in [-0.2, 0) is 4.74 Å². The second-order valence-electron chi connectivity index (χ2n) is 6.32. The van der Waals surface area contributed by atoms with Crippen LogP contribution in [0.5, 0.6) is 0 Å². The largest absolute Gasteiger partial charge is 0.377 e. The van der Waals surface area contributed by atoms with Crippen LogP contribution in [0.15, 0.2) is 0 Å². The molecule has 1 unspecified atom stereocenters. The van der Waals surface area contributed by atoms with E-state index in [4.69, 9.17) is 4.74 Å². The lowest BCUT2D eigenvalue weighted by molar-refractivity contribution is 0.0208. The SMILES string of the molecule is CCC1CNC2(CCCC2)CN1CCOC(C)C. The molecule has 0 bridgehead atoms. The van der Waals surface area contributed by atoms with Crippen molar-refractivity contribution in [2.24, 2.45) is 0 Å². The second kappa shape index (κ2) is 6.36. The van der Waals surface area contributed by atoms with Gasteiger partial charge < -0.3 is 10.1 Å². The Hall–Kier alpha value is -0.120. The first-order valence-corrected chi connectivity index (χ1v) is 7.76. The minimum Gasteiger partial charge on any atom is -0.377 e. The lowest BCUT2D eigenvalue weighted by atomic mass is 9.91. The zero-order valence-corrected chi connectivity index (χ0v) is 12.4. The zero-order chi connectivity index (χ0) is 13.0. The van der Waals surface area contributed by atoms with Crippen molar-refractivity contribution in [3.05, 3.63) is 0 Å². The zero-order valence-electron chi connectivity index (χ0n) is 12.4. The Morgan fingerprint density at radius 3 is 2.67 bits per heavy atom. The molecule has 1 saturated heterocycles. The van der Waals surface area contributed by atoms with E-state index in [0.29, 0.717) is 17.7 Å². The van der Waals surface area contributed by atoms with Crippen molar-refractivity contribution < 1.29 is 4.74 Å². The molecule has 2 rings (SSSR count). The Morgan fingerprint density at radius 2 is 2.06 bits per heavy atom. The highest BCUT2D eigenvalue weighted by Crippen LogP contribution is 2.33. The smallest absolute Gasteiger partial charge is 0.0597 e. The Bertz CT molecular complexity index is 249. The molecular formula is C15H30N2O. The summed E-state index contributed by atoms with van der Waals surface area (Å²) in [6.45, 7) is 10.9. The van der Waals surface area contributed by atoms with Crippen LogP contribution in [0.25, 0.3) is 0 Å². The third-order valence-electron chi connectivity index (χ3n) is 4.60. The molecule has 1 atom stereocenters. The summed E-state index contributed by atoms with van der Waals surface area (Å²) >= 11 is 0. The summed E-state index contributed by atoms with van der Waals surface area (Å²) < 4.78 is 5.73. The highest BCUT2D eigenvalue weighted by molar-refractivity contribution is 5.00. The van der Waals surface area contributed by atoms with Crippen molar-refractivity contribution in [3.8, 4) is 0 Å². The lowest BCUT2D eigenvalue weighted by Gasteiger charge is -2.46. The molecule has 0 aromatic rings. The van der Waals surface area contributed by atoms with Crippen LogP contribution >= 0.6 is 0 Å². The first-order valence-electron chi connectivity index (χ1n) is 7.76. The molecule has 0 radical (unpaired) electrons. The predicted octanol–water partition coefficient (Wildman–Crippen LogP) is 2.41. The molecule has 1 N–H and O–H groups in total. The molecule has 106 valence electrons. The van der Waals surface area contributed by atoms with Crippen LogP contribution in [0.4, 0.5) is 0 Å². The third-order valence-corrected chi connectivity index (χ3v) is 4.60. The summed E-state index contributed by atoms with van der Waals surface area (Å²) in [5.74, 6) is 0. The lowest BCUT2D eigenvalue weighted by Crippen LogP contribution is -2.63. The number of rotatable bonds is 5. The van der Waals surface area contributed by atoms with Gasteiger partial charge in [0.1, 0.15) is 0 Å². The van der Waals surface area contributed by atoms with E-state index in [1.54, 1.807) is 0 Å². The average Bonchev–Trinajstić information content (AvgIpc) is 2.77. The van der Waals surface area contributed by atoms with E-state index in [0.717, 1.165) is 19.7 Å². The number of nitrogens with zero attached hydrogens (tertiary/aromatic N) is 1. The van der Waals surface area contributed by atoms with Gasteiger partial charge in [-0.3, -0.25) is 4.90 Å². The van der Waals surface area contributed by atoms with Gasteiger partial charge in [0.25, 0.3) is 0 Å². The van der Waals surface area contributed by atoms with Crippen LogP contribution in [-0.4, -0.2) is 48.8 Å². The molecule has 2 aliphatic rings. The maximum atomic E-state index is 5.73. The van der Waals surface area contributed by atoms with Crippen molar-refractivity contribution in [1.82, 2.24) is 10.2 Å². The number of piperazine rings is 1. The van der Waals surface area contributed by atoms with Gasteiger partial charge in [-0.15, -0.1) is 0 Å². The minimum absolute atomic E-state index is 0.355. The van der Waals surface area contributed by atoms with E-state index in [9.17, 15) is 0 Å². The van der Waals surface area contributed by atoms with Gasteiger partial charge >= 0.3 is 0 Å². The van der Waals surface area contributed by atoms with Crippen LogP contribution in [0.3, 0.4) is 0 Å². The third kappa shape index (κ3) is 3.46. The molecule has 1 aliphatic carbocycles. The molecule has 3 nitrogen and oxygen atoms in total. The van der Waals surface area contributed by atoms with E-state index in [2.05, 4.69) is 31.0 Å². The van der Waals surface area contributed by atoms with Crippen LogP contribution in [0.1, 0.15) is 52.9 Å². The molecule has 1 heterocycles. The standard InChI is InChI=1S/C15H30N2O/c1-4-14-11-16-15(7-5-6-8-15)12-17(14)9-10-18-13(2)3/h13-14,16H,4-12H2,1-3H3. The minimum atomic E-state index is 0.355. The molecule has 1 aliphatic heterocycles. The van der Waals surface area contributed by atoms with Gasteiger partial charge in [0.05, 0.1) is 12.7 Å². The number of hydrogen-bond donors (Lipinski definition) is 1. The van der Waals surface area contributed by atoms with Crippen molar-refractivity contribution in [3.63, 3.8) is 0 Å². The van der Waals surface area contributed by atoms with Gasteiger partial charge in [-0.1, -0.05) is 19.8 Å². The Morgan fingerprint density at radius 1 is 1.33 bits per heavy atom. The first kappa shape index (κ1) is 14.3. The highest BCUT2D eigenvalue weighted by Gasteiger charge is 2.40. The number of hydrogen-bond acceptors (Lipinski definition) is 3. The van der Waals surface area contributed by atoms with Crippen molar-refractivity contribution in [2.45, 2.75) is 70.6 Å². The highest BCUT2D eigenvalue weighted by atomic mass is 16.5. The predicted molar refractivity (Wildman–Crippen MR) is 75.9 cm³/mol. The van der Waals surface area contributed by atoms with Crippen LogP contribution < -0.4 is 5.32 Å². The van der Waals surface area contributed by atoms with Crippen molar-refractivity contribution in [2.75, 3.05) is 26.2 Å². The average molecular weight is 254 g/mol. The van der Waals surface area contributed by atoms with E-state index in [1.807, 2.05) is 0 Å². The topological polar surface area (TPSA) is 24.5 Å². The summed E-state index contributed by atoms with van der Waals surface area (Å²) in [6, 6.07) is 0.701. The summed E-state index contributed by atoms with van der Waals surface area (Å²) in [5.41, 5.74) is 0.434. The monoisotopic (exact) mass is 254 g/mol. The summed E-state index contributed by atoms with van der Waals surface area (Å²) in [7, 11) is 0. The maximum Gasteiger partial charge on any atom is 0.0597 e. The fraction of sp³-hybridized carbons (Fsp3) is 1.00. The summed E-state index contributed by atoms with van der Waals surface area (Å²) in [6.07, 6.45) is 7.13. The van der Waals surface area contributed by atoms with Gasteiger partial charge in [-0.25, -0.2) is 0 Å². The van der Waals surface area contributed by atoms with Crippen LogP contribution in [0.2, 0.25) is 0 Å². The maximum absolute atomic E-state index is 5.73. The van der Waals surface area contributed by atoms with Crippen molar-refractivity contribution >= 4 is 0 Å². The van der Waals surface area contributed by atoms with Gasteiger partial charge in [0.2, 0.25) is 0 Å². The van der Waals surface area contributed by atoms with Gasteiger partial charge in [0, 0.05) is 31.2 Å². The van der Waals surface area contributed by atoms with Crippen LogP contribution in [0, 0.1) is 0 Å². The molecule has 3 heteroatoms. The van der Waals surface area contributed by atoms with Crippen molar-refractivity contribution in [1.29, 1.82) is 0 Å². The molecular weight excluding hydrogens is 224 g/mol. The fourth-order valence-electron chi connectivity index (χ4n) is 3.49. The fourth-order valence-corrected chi connectivity index (χ4v) is 3.49. The molecule has 1 saturated carbocycles. The molecule has 0 amide bonds. The van der Waals surface area contributed by atoms with E-state index in [1.165, 1.54) is 38.6 Å². The summed E-state index contributed by atoms with van der Waals surface area (Å²) in [5, 5.41) is 3.84. The summed E-state index contributed by atoms with van der Waals surface area (Å²) in [4.78, 5) is 2.67. The molecule has 0 aromatic heterocycles. The molecule has 2 fully saturated rings. The van der Waals surface area contributed by atoms with Gasteiger partial charge in [0.15, 0.2) is 0 Å². The molecule has 0 aromatic carbocycles. The van der Waals surface area contributed by atoms with E-state index >= 15 is 0 Å². The quantitative estimate of drug-likeness (QED) is 0.815. The Labute approximate surface area is 112 Å². The Balaban J connectivity index is 1.86.